The fourth-order valence-corrected chi connectivity index (χ4v) is 2.88. The molecule has 1 saturated carbocycles. The molecule has 1 fully saturated rings. The molecule has 0 aromatic carbocycles. The number of aliphatic hydroxyl groups excluding tert-OH is 1. The van der Waals surface area contributed by atoms with E-state index in [1.54, 1.807) is 0 Å². The first kappa shape index (κ1) is 14.7. The molecule has 0 bridgehead atoms. The second kappa shape index (κ2) is 7.88. The topological polar surface area (TPSA) is 46.2 Å². The van der Waals surface area contributed by atoms with Gasteiger partial charge >= 0.3 is 0 Å². The molecule has 100 valence electrons. The minimum atomic E-state index is -0.361. The quantitative estimate of drug-likeness (QED) is 0.670. The van der Waals surface area contributed by atoms with Crippen LogP contribution in [0.5, 0.6) is 0 Å². The van der Waals surface area contributed by atoms with Crippen molar-refractivity contribution >= 4 is 0 Å². The molecular formula is C15H29NO. The fraction of sp³-hybridized carbons (Fsp3) is 0.867. The smallest absolute Gasteiger partial charge is 0.0696 e. The summed E-state index contributed by atoms with van der Waals surface area (Å²) < 4.78 is 0. The maximum Gasteiger partial charge on any atom is 0.0696 e. The highest BCUT2D eigenvalue weighted by Crippen LogP contribution is 2.28. The Morgan fingerprint density at radius 1 is 1.35 bits per heavy atom. The van der Waals surface area contributed by atoms with Crippen LogP contribution in [0, 0.1) is 11.8 Å². The lowest BCUT2D eigenvalue weighted by atomic mass is 9.82. The van der Waals surface area contributed by atoms with Crippen molar-refractivity contribution in [3.8, 4) is 0 Å². The number of hydrogen-bond acceptors (Lipinski definition) is 2. The van der Waals surface area contributed by atoms with Crippen molar-refractivity contribution in [1.82, 2.24) is 0 Å². The molecule has 17 heavy (non-hydrogen) atoms. The van der Waals surface area contributed by atoms with Crippen LogP contribution in [0.3, 0.4) is 0 Å². The van der Waals surface area contributed by atoms with Gasteiger partial charge in [-0.15, -0.1) is 6.58 Å². The van der Waals surface area contributed by atoms with Gasteiger partial charge in [0.25, 0.3) is 0 Å². The number of hydrogen-bond donors (Lipinski definition) is 2. The molecule has 1 aliphatic carbocycles. The molecule has 2 heteroatoms. The highest BCUT2D eigenvalue weighted by Gasteiger charge is 2.22. The lowest BCUT2D eigenvalue weighted by Gasteiger charge is -2.28. The average molecular weight is 239 g/mol. The first-order chi connectivity index (χ1) is 8.17. The first-order valence-corrected chi connectivity index (χ1v) is 7.23. The van der Waals surface area contributed by atoms with Crippen LogP contribution < -0.4 is 5.73 Å². The zero-order chi connectivity index (χ0) is 12.7. The van der Waals surface area contributed by atoms with E-state index in [1.165, 1.54) is 32.1 Å². The summed E-state index contributed by atoms with van der Waals surface area (Å²) in [6.07, 6.45) is 11.1. The lowest BCUT2D eigenvalue weighted by molar-refractivity contribution is 0.106. The van der Waals surface area contributed by atoms with Crippen molar-refractivity contribution in [1.29, 1.82) is 0 Å². The second-order valence-corrected chi connectivity index (χ2v) is 5.61. The zero-order valence-electron chi connectivity index (χ0n) is 11.3. The van der Waals surface area contributed by atoms with Crippen molar-refractivity contribution in [3.63, 3.8) is 0 Å². The van der Waals surface area contributed by atoms with Gasteiger partial charge in [-0.1, -0.05) is 45.1 Å². The molecule has 0 aromatic rings. The van der Waals surface area contributed by atoms with E-state index >= 15 is 0 Å². The van der Waals surface area contributed by atoms with Crippen LogP contribution in [-0.4, -0.2) is 17.3 Å². The van der Waals surface area contributed by atoms with Crippen LogP contribution in [0.1, 0.15) is 58.3 Å². The van der Waals surface area contributed by atoms with Gasteiger partial charge < -0.3 is 10.8 Å². The van der Waals surface area contributed by atoms with Crippen LogP contribution in [0.2, 0.25) is 0 Å². The van der Waals surface area contributed by atoms with Gasteiger partial charge in [0.1, 0.15) is 0 Å². The number of aliphatic hydroxyl groups is 1. The average Bonchev–Trinajstić information content (AvgIpc) is 2.36. The van der Waals surface area contributed by atoms with E-state index in [4.69, 9.17) is 5.73 Å². The van der Waals surface area contributed by atoms with Gasteiger partial charge in [0, 0.05) is 6.04 Å². The van der Waals surface area contributed by atoms with Gasteiger partial charge in [0.15, 0.2) is 0 Å². The van der Waals surface area contributed by atoms with Gasteiger partial charge in [-0.25, -0.2) is 0 Å². The Bertz CT molecular complexity index is 211. The third-order valence-corrected chi connectivity index (χ3v) is 4.23. The van der Waals surface area contributed by atoms with E-state index in [0.29, 0.717) is 5.92 Å². The lowest BCUT2D eigenvalue weighted by Crippen LogP contribution is -2.37. The molecule has 0 heterocycles. The summed E-state index contributed by atoms with van der Waals surface area (Å²) in [5.74, 6) is 1.15. The summed E-state index contributed by atoms with van der Waals surface area (Å²) in [5, 5.41) is 10.1. The molecule has 3 atom stereocenters. The molecule has 0 radical (unpaired) electrons. The molecule has 2 nitrogen and oxygen atoms in total. The summed E-state index contributed by atoms with van der Waals surface area (Å²) in [4.78, 5) is 0. The van der Waals surface area contributed by atoms with Gasteiger partial charge in [0.05, 0.1) is 6.10 Å². The van der Waals surface area contributed by atoms with Crippen molar-refractivity contribution in [3.05, 3.63) is 12.7 Å². The standard InChI is InChI=1S/C15H29NO/c1-3-12(4-2)11-15(17)14(16)10-13-8-6-5-7-9-13/h3,12-15,17H,1,4-11,16H2,2H3. The van der Waals surface area contributed by atoms with Crippen LogP contribution in [-0.2, 0) is 0 Å². The molecule has 0 amide bonds. The molecule has 0 aromatic heterocycles. The van der Waals surface area contributed by atoms with Crippen molar-refractivity contribution in [2.24, 2.45) is 17.6 Å². The number of nitrogens with two attached hydrogens (primary N) is 1. The van der Waals surface area contributed by atoms with Crippen molar-refractivity contribution in [2.75, 3.05) is 0 Å². The Balaban J connectivity index is 2.29. The summed E-state index contributed by atoms with van der Waals surface area (Å²) in [7, 11) is 0. The van der Waals surface area contributed by atoms with Crippen LogP contribution in [0.25, 0.3) is 0 Å². The predicted octanol–water partition coefficient (Wildman–Crippen LogP) is 3.25. The van der Waals surface area contributed by atoms with E-state index in [0.717, 1.165) is 25.2 Å². The summed E-state index contributed by atoms with van der Waals surface area (Å²) in [6.45, 7) is 5.94. The van der Waals surface area contributed by atoms with E-state index in [9.17, 15) is 5.11 Å². The maximum atomic E-state index is 10.1. The Kier molecular flexibility index (Phi) is 6.83. The van der Waals surface area contributed by atoms with E-state index < -0.39 is 0 Å². The maximum absolute atomic E-state index is 10.1. The second-order valence-electron chi connectivity index (χ2n) is 5.61. The molecule has 1 rings (SSSR count). The monoisotopic (exact) mass is 239 g/mol. The van der Waals surface area contributed by atoms with Crippen molar-refractivity contribution in [2.45, 2.75) is 70.4 Å². The summed E-state index contributed by atoms with van der Waals surface area (Å²) in [6, 6.07) is -0.0490. The summed E-state index contributed by atoms with van der Waals surface area (Å²) >= 11 is 0. The molecular weight excluding hydrogens is 210 g/mol. The normalized spacial score (nSPS) is 23.0. The number of rotatable bonds is 7. The van der Waals surface area contributed by atoms with Gasteiger partial charge in [-0.2, -0.15) is 0 Å². The van der Waals surface area contributed by atoms with E-state index in [1.807, 2.05) is 6.08 Å². The Morgan fingerprint density at radius 2 is 2.00 bits per heavy atom. The molecule has 1 aliphatic rings. The van der Waals surface area contributed by atoms with Crippen LogP contribution in [0.15, 0.2) is 12.7 Å². The van der Waals surface area contributed by atoms with Gasteiger partial charge in [-0.05, 0) is 31.1 Å². The van der Waals surface area contributed by atoms with Crippen molar-refractivity contribution < 1.29 is 5.11 Å². The largest absolute Gasteiger partial charge is 0.391 e. The zero-order valence-corrected chi connectivity index (χ0v) is 11.3. The van der Waals surface area contributed by atoms with Crippen LogP contribution in [0.4, 0.5) is 0 Å². The molecule has 0 spiro atoms. The third-order valence-electron chi connectivity index (χ3n) is 4.23. The van der Waals surface area contributed by atoms with E-state index in [2.05, 4.69) is 13.5 Å². The highest BCUT2D eigenvalue weighted by molar-refractivity contribution is 4.85. The van der Waals surface area contributed by atoms with Gasteiger partial charge in [0.2, 0.25) is 0 Å². The first-order valence-electron chi connectivity index (χ1n) is 7.23. The van der Waals surface area contributed by atoms with E-state index in [-0.39, 0.29) is 12.1 Å². The SMILES string of the molecule is C=CC(CC)CC(O)C(N)CC1CCCCC1. The fourth-order valence-electron chi connectivity index (χ4n) is 2.88. The van der Waals surface area contributed by atoms with Crippen LogP contribution >= 0.6 is 0 Å². The molecule has 3 N–H and O–H groups in total. The summed E-state index contributed by atoms with van der Waals surface area (Å²) in [5.41, 5.74) is 6.12. The Hall–Kier alpha value is -0.340. The molecule has 3 unspecified atom stereocenters. The highest BCUT2D eigenvalue weighted by atomic mass is 16.3. The predicted molar refractivity (Wildman–Crippen MR) is 73.8 cm³/mol. The Labute approximate surface area is 106 Å². The third kappa shape index (κ3) is 5.22. The number of allylic oxidation sites excluding steroid dienone is 1. The molecule has 0 saturated heterocycles. The Morgan fingerprint density at radius 3 is 2.53 bits per heavy atom. The molecule has 0 aliphatic heterocycles. The minimum Gasteiger partial charge on any atom is -0.391 e. The minimum absolute atomic E-state index is 0.0490. The van der Waals surface area contributed by atoms with Gasteiger partial charge in [-0.3, -0.25) is 0 Å².